The molecule has 5 nitrogen and oxygen atoms in total. The molecule has 0 radical (unpaired) electrons. The van der Waals surface area contributed by atoms with E-state index in [0.717, 1.165) is 36.5 Å². The van der Waals surface area contributed by atoms with Crippen LogP contribution in [-0.2, 0) is 0 Å². The molecule has 1 unspecified atom stereocenters. The predicted molar refractivity (Wildman–Crippen MR) is 115 cm³/mol. The minimum absolute atomic E-state index is 0.0411. The van der Waals surface area contributed by atoms with Gasteiger partial charge in [0.2, 0.25) is 0 Å². The fraction of sp³-hybridized carbons (Fsp3) is 0.381. The molecular formula is C21H24BrClN2O3. The summed E-state index contributed by atoms with van der Waals surface area (Å²) in [6.45, 7) is 2.49. The van der Waals surface area contributed by atoms with Crippen LogP contribution in [0.15, 0.2) is 40.9 Å². The average Bonchev–Trinajstić information content (AvgIpc) is 3.24. The summed E-state index contributed by atoms with van der Waals surface area (Å²) in [7, 11) is 3.12. The highest BCUT2D eigenvalue weighted by molar-refractivity contribution is 9.10. The molecule has 1 atom stereocenters. The first kappa shape index (κ1) is 21.0. The van der Waals surface area contributed by atoms with Gasteiger partial charge in [-0.25, -0.2) is 0 Å². The van der Waals surface area contributed by atoms with Crippen LogP contribution in [0.2, 0.25) is 5.02 Å². The fourth-order valence-electron chi connectivity index (χ4n) is 3.53. The number of carbonyl (C=O) groups is 1. The summed E-state index contributed by atoms with van der Waals surface area (Å²) in [5, 5.41) is 3.78. The van der Waals surface area contributed by atoms with Gasteiger partial charge < -0.3 is 14.8 Å². The van der Waals surface area contributed by atoms with Gasteiger partial charge in [-0.3, -0.25) is 9.69 Å². The summed E-state index contributed by atoms with van der Waals surface area (Å²) >= 11 is 9.88. The Bertz CT molecular complexity index is 815. The Hall–Kier alpha value is -1.76. The third-order valence-electron chi connectivity index (χ3n) is 5.01. The predicted octanol–water partition coefficient (Wildman–Crippen LogP) is 4.69. The normalized spacial score (nSPS) is 15.3. The van der Waals surface area contributed by atoms with E-state index in [1.165, 1.54) is 0 Å². The van der Waals surface area contributed by atoms with Crippen LogP contribution < -0.4 is 14.8 Å². The van der Waals surface area contributed by atoms with E-state index in [9.17, 15) is 4.79 Å². The van der Waals surface area contributed by atoms with E-state index in [1.54, 1.807) is 26.4 Å². The van der Waals surface area contributed by atoms with Crippen LogP contribution in [0.5, 0.6) is 11.5 Å². The summed E-state index contributed by atoms with van der Waals surface area (Å²) in [6, 6.07) is 11.3. The van der Waals surface area contributed by atoms with E-state index in [1.807, 2.05) is 24.3 Å². The smallest absolute Gasteiger partial charge is 0.251 e. The molecule has 1 heterocycles. The maximum absolute atomic E-state index is 12.8. The maximum atomic E-state index is 12.8. The SMILES string of the molecule is COc1cc(C(=O)NCC(c2ccccc2Cl)N2CCCC2)cc(OC)c1Br. The number of benzene rings is 2. The van der Waals surface area contributed by atoms with Crippen LogP contribution in [0.4, 0.5) is 0 Å². The topological polar surface area (TPSA) is 50.8 Å². The highest BCUT2D eigenvalue weighted by Gasteiger charge is 2.26. The third-order valence-corrected chi connectivity index (χ3v) is 6.14. The van der Waals surface area contributed by atoms with Gasteiger partial charge in [0.1, 0.15) is 16.0 Å². The molecule has 1 aliphatic heterocycles. The third kappa shape index (κ3) is 4.62. The number of ether oxygens (including phenoxy) is 2. The molecule has 3 rings (SSSR count). The van der Waals surface area contributed by atoms with Crippen LogP contribution in [0.3, 0.4) is 0 Å². The summed E-state index contributed by atoms with van der Waals surface area (Å²) in [6.07, 6.45) is 2.33. The Morgan fingerprint density at radius 3 is 2.36 bits per heavy atom. The van der Waals surface area contributed by atoms with Crippen molar-refractivity contribution < 1.29 is 14.3 Å². The Labute approximate surface area is 179 Å². The Morgan fingerprint density at radius 1 is 1.18 bits per heavy atom. The first-order valence-electron chi connectivity index (χ1n) is 9.23. The number of methoxy groups -OCH3 is 2. The zero-order chi connectivity index (χ0) is 20.1. The largest absolute Gasteiger partial charge is 0.495 e. The van der Waals surface area contributed by atoms with Crippen molar-refractivity contribution in [1.29, 1.82) is 0 Å². The minimum atomic E-state index is -0.180. The van der Waals surface area contributed by atoms with Crippen molar-refractivity contribution in [2.24, 2.45) is 0 Å². The van der Waals surface area contributed by atoms with E-state index >= 15 is 0 Å². The lowest BCUT2D eigenvalue weighted by atomic mass is 10.0. The lowest BCUT2D eigenvalue weighted by molar-refractivity contribution is 0.0937. The number of rotatable bonds is 7. The fourth-order valence-corrected chi connectivity index (χ4v) is 4.34. The number of nitrogens with zero attached hydrogens (tertiary/aromatic N) is 1. The molecule has 1 N–H and O–H groups in total. The van der Waals surface area contributed by atoms with Crippen molar-refractivity contribution in [1.82, 2.24) is 10.2 Å². The van der Waals surface area contributed by atoms with E-state index in [-0.39, 0.29) is 11.9 Å². The van der Waals surface area contributed by atoms with Crippen LogP contribution >= 0.6 is 27.5 Å². The second kappa shape index (κ2) is 9.63. The molecule has 1 aliphatic rings. The van der Waals surface area contributed by atoms with Gasteiger partial charge in [0.05, 0.1) is 20.3 Å². The van der Waals surface area contributed by atoms with Gasteiger partial charge in [0.25, 0.3) is 5.91 Å². The molecule has 0 saturated carbocycles. The van der Waals surface area contributed by atoms with Crippen molar-refractivity contribution in [3.8, 4) is 11.5 Å². The molecule has 28 heavy (non-hydrogen) atoms. The van der Waals surface area contributed by atoms with Gasteiger partial charge >= 0.3 is 0 Å². The van der Waals surface area contributed by atoms with Gasteiger partial charge in [-0.15, -0.1) is 0 Å². The Kier molecular flexibility index (Phi) is 7.21. The van der Waals surface area contributed by atoms with Gasteiger partial charge in [0.15, 0.2) is 0 Å². The summed E-state index contributed by atoms with van der Waals surface area (Å²) in [5.41, 5.74) is 1.52. The van der Waals surface area contributed by atoms with Crippen molar-refractivity contribution in [2.45, 2.75) is 18.9 Å². The van der Waals surface area contributed by atoms with E-state index in [4.69, 9.17) is 21.1 Å². The van der Waals surface area contributed by atoms with Crippen LogP contribution in [0.1, 0.15) is 34.8 Å². The van der Waals surface area contributed by atoms with E-state index in [0.29, 0.717) is 28.1 Å². The number of hydrogen-bond donors (Lipinski definition) is 1. The second-order valence-electron chi connectivity index (χ2n) is 6.69. The van der Waals surface area contributed by atoms with Crippen LogP contribution in [0, 0.1) is 0 Å². The molecule has 7 heteroatoms. The Balaban J connectivity index is 1.80. The van der Waals surface area contributed by atoms with E-state index in [2.05, 4.69) is 26.1 Å². The van der Waals surface area contributed by atoms with E-state index < -0.39 is 0 Å². The van der Waals surface area contributed by atoms with Gasteiger partial charge in [0, 0.05) is 17.1 Å². The first-order valence-corrected chi connectivity index (χ1v) is 10.4. The highest BCUT2D eigenvalue weighted by Crippen LogP contribution is 2.36. The number of halogens is 2. The zero-order valence-electron chi connectivity index (χ0n) is 16.0. The average molecular weight is 468 g/mol. The zero-order valence-corrected chi connectivity index (χ0v) is 18.3. The first-order chi connectivity index (χ1) is 13.5. The lowest BCUT2D eigenvalue weighted by Gasteiger charge is -2.29. The summed E-state index contributed by atoms with van der Waals surface area (Å²) in [4.78, 5) is 15.2. The quantitative estimate of drug-likeness (QED) is 0.642. The molecule has 0 spiro atoms. The van der Waals surface area contributed by atoms with Crippen molar-refractivity contribution >= 4 is 33.4 Å². The minimum Gasteiger partial charge on any atom is -0.495 e. The molecule has 0 bridgehead atoms. The van der Waals surface area contributed by atoms with Crippen LogP contribution in [0.25, 0.3) is 0 Å². The maximum Gasteiger partial charge on any atom is 0.251 e. The number of amides is 1. The van der Waals surface area contributed by atoms with Gasteiger partial charge in [-0.2, -0.15) is 0 Å². The molecule has 2 aromatic rings. The van der Waals surface area contributed by atoms with Gasteiger partial charge in [-0.05, 0) is 65.6 Å². The van der Waals surface area contributed by atoms with Gasteiger partial charge in [-0.1, -0.05) is 29.8 Å². The molecule has 1 amide bonds. The summed E-state index contributed by atoms with van der Waals surface area (Å²) < 4.78 is 11.4. The lowest BCUT2D eigenvalue weighted by Crippen LogP contribution is -2.37. The Morgan fingerprint density at radius 2 is 1.79 bits per heavy atom. The highest BCUT2D eigenvalue weighted by atomic mass is 79.9. The van der Waals surface area contributed by atoms with Crippen molar-refractivity contribution in [3.63, 3.8) is 0 Å². The molecular weight excluding hydrogens is 444 g/mol. The second-order valence-corrected chi connectivity index (χ2v) is 7.89. The molecule has 1 fully saturated rings. The molecule has 150 valence electrons. The van der Waals surface area contributed by atoms with Crippen molar-refractivity contribution in [3.05, 3.63) is 57.0 Å². The molecule has 0 aromatic heterocycles. The summed E-state index contributed by atoms with van der Waals surface area (Å²) in [5.74, 6) is 0.916. The number of hydrogen-bond acceptors (Lipinski definition) is 4. The van der Waals surface area contributed by atoms with Crippen molar-refractivity contribution in [2.75, 3.05) is 33.9 Å². The number of nitrogens with one attached hydrogen (secondary N) is 1. The molecule has 2 aromatic carbocycles. The number of carbonyl (C=O) groups excluding carboxylic acids is 1. The monoisotopic (exact) mass is 466 g/mol. The molecule has 0 aliphatic carbocycles. The number of likely N-dealkylation sites (tertiary alicyclic amines) is 1. The standard InChI is InChI=1S/C21H24BrClN2O3/c1-27-18-11-14(12-19(28-2)20(18)22)21(26)24-13-17(25-9-5-6-10-25)15-7-3-4-8-16(15)23/h3-4,7-8,11-12,17H,5-6,9-10,13H2,1-2H3,(H,24,26). The molecule has 1 saturated heterocycles. The van der Waals surface area contributed by atoms with Crippen LogP contribution in [-0.4, -0.2) is 44.7 Å².